The lowest BCUT2D eigenvalue weighted by atomic mass is 10.1. The Kier molecular flexibility index (Phi) is 1.83. The summed E-state index contributed by atoms with van der Waals surface area (Å²) in [5, 5.41) is 4.89. The Hall–Kier alpha value is -2.10. The molecule has 3 aromatic rings. The summed E-state index contributed by atoms with van der Waals surface area (Å²) in [5.74, 6) is 0.892. The van der Waals surface area contributed by atoms with E-state index in [4.69, 9.17) is 4.52 Å². The Balaban J connectivity index is 2.32. The van der Waals surface area contributed by atoms with E-state index in [-0.39, 0.29) is 0 Å². The molecule has 0 fully saturated rings. The van der Waals surface area contributed by atoms with Crippen LogP contribution in [0.3, 0.4) is 0 Å². The molecule has 2 heterocycles. The summed E-state index contributed by atoms with van der Waals surface area (Å²) < 4.78 is 5.30. The Labute approximate surface area is 92.3 Å². The molecule has 4 nitrogen and oxygen atoms in total. The van der Waals surface area contributed by atoms with Gasteiger partial charge in [-0.25, -0.2) is 4.98 Å². The van der Waals surface area contributed by atoms with Crippen LogP contribution in [0.2, 0.25) is 0 Å². The van der Waals surface area contributed by atoms with E-state index < -0.39 is 0 Å². The van der Waals surface area contributed by atoms with E-state index in [0.29, 0.717) is 0 Å². The summed E-state index contributed by atoms with van der Waals surface area (Å²) in [7, 11) is 0. The largest absolute Gasteiger partial charge is 0.356 e. The molecule has 1 N–H and O–H groups in total. The summed E-state index contributed by atoms with van der Waals surface area (Å²) in [6, 6.07) is 4.08. The van der Waals surface area contributed by atoms with Crippen molar-refractivity contribution < 1.29 is 4.52 Å². The topological polar surface area (TPSA) is 54.7 Å². The minimum atomic E-state index is 0.809. The second-order valence-electron chi connectivity index (χ2n) is 3.88. The zero-order valence-electron chi connectivity index (χ0n) is 9.11. The smallest absolute Gasteiger partial charge is 0.176 e. The summed E-state index contributed by atoms with van der Waals surface area (Å²) in [4.78, 5) is 7.38. The molecule has 0 saturated heterocycles. The van der Waals surface area contributed by atoms with E-state index in [1.165, 1.54) is 0 Å². The quantitative estimate of drug-likeness (QED) is 0.676. The lowest BCUT2D eigenvalue weighted by Crippen LogP contribution is -1.81. The third kappa shape index (κ3) is 1.23. The fourth-order valence-electron chi connectivity index (χ4n) is 1.86. The van der Waals surface area contributed by atoms with Crippen molar-refractivity contribution in [3.05, 3.63) is 35.9 Å². The van der Waals surface area contributed by atoms with Gasteiger partial charge in [0, 0.05) is 10.9 Å². The number of nitrogens with one attached hydrogen (secondary N) is 1. The molecule has 0 aliphatic rings. The molecular weight excluding hydrogens is 202 g/mol. The monoisotopic (exact) mass is 213 g/mol. The number of hydrogen-bond donors (Lipinski definition) is 1. The molecule has 0 unspecified atom stereocenters. The summed E-state index contributed by atoms with van der Waals surface area (Å²) in [5.41, 5.74) is 3.93. The lowest BCUT2D eigenvalue weighted by Gasteiger charge is -2.00. The van der Waals surface area contributed by atoms with E-state index in [0.717, 1.165) is 33.6 Å². The van der Waals surface area contributed by atoms with Gasteiger partial charge in [-0.1, -0.05) is 11.2 Å². The third-order valence-corrected chi connectivity index (χ3v) is 2.73. The molecule has 0 atom stereocenters. The summed E-state index contributed by atoms with van der Waals surface area (Å²) >= 11 is 0. The molecule has 0 saturated carbocycles. The molecule has 16 heavy (non-hydrogen) atoms. The number of aromatic amines is 1. The third-order valence-electron chi connectivity index (χ3n) is 2.73. The maximum atomic E-state index is 5.30. The number of aromatic nitrogens is 3. The molecule has 3 rings (SSSR count). The Bertz CT molecular complexity index is 651. The molecule has 0 aliphatic carbocycles. The van der Waals surface area contributed by atoms with Crippen molar-refractivity contribution in [1.82, 2.24) is 15.1 Å². The van der Waals surface area contributed by atoms with Crippen molar-refractivity contribution in [3.63, 3.8) is 0 Å². The van der Waals surface area contributed by atoms with Gasteiger partial charge < -0.3 is 9.51 Å². The zero-order valence-corrected chi connectivity index (χ0v) is 9.11. The number of H-pyrrole nitrogens is 1. The minimum absolute atomic E-state index is 0.809. The molecular formula is C12H11N3O. The van der Waals surface area contributed by atoms with Crippen molar-refractivity contribution in [2.45, 2.75) is 13.8 Å². The Morgan fingerprint density at radius 3 is 2.81 bits per heavy atom. The molecule has 1 aromatic carbocycles. The number of imidazole rings is 1. The van der Waals surface area contributed by atoms with Crippen molar-refractivity contribution in [3.8, 4) is 11.3 Å². The summed E-state index contributed by atoms with van der Waals surface area (Å²) in [6.45, 7) is 3.97. The van der Waals surface area contributed by atoms with E-state index in [2.05, 4.69) is 21.2 Å². The molecule has 0 radical (unpaired) electrons. The standard InChI is InChI=1S/C12H11N3O/c1-7-3-4-9(11-6-13-8(2)15-11)12-10(7)5-14-16-12/h3-6H,1-2H3,(H,13,15). The van der Waals surface area contributed by atoms with Gasteiger partial charge in [0.05, 0.1) is 18.1 Å². The number of nitrogens with zero attached hydrogens (tertiary/aromatic N) is 2. The van der Waals surface area contributed by atoms with Gasteiger partial charge in [-0.3, -0.25) is 0 Å². The molecule has 0 spiro atoms. The van der Waals surface area contributed by atoms with Crippen molar-refractivity contribution in [1.29, 1.82) is 0 Å². The maximum Gasteiger partial charge on any atom is 0.176 e. The average Bonchev–Trinajstić information content (AvgIpc) is 2.87. The van der Waals surface area contributed by atoms with Crippen LogP contribution in [-0.4, -0.2) is 15.1 Å². The first-order valence-corrected chi connectivity index (χ1v) is 5.11. The van der Waals surface area contributed by atoms with Crippen molar-refractivity contribution in [2.75, 3.05) is 0 Å². The Morgan fingerprint density at radius 1 is 1.19 bits per heavy atom. The zero-order chi connectivity index (χ0) is 11.1. The van der Waals surface area contributed by atoms with Gasteiger partial charge in [0.1, 0.15) is 5.82 Å². The van der Waals surface area contributed by atoms with Gasteiger partial charge >= 0.3 is 0 Å². The van der Waals surface area contributed by atoms with Crippen LogP contribution >= 0.6 is 0 Å². The molecule has 0 bridgehead atoms. The van der Waals surface area contributed by atoms with Crippen LogP contribution in [0.5, 0.6) is 0 Å². The SMILES string of the molecule is Cc1ncc(-c2ccc(C)c3cnoc23)[nH]1. The second-order valence-corrected chi connectivity index (χ2v) is 3.88. The number of hydrogen-bond acceptors (Lipinski definition) is 3. The number of rotatable bonds is 1. The highest BCUT2D eigenvalue weighted by molar-refractivity contribution is 5.92. The predicted octanol–water partition coefficient (Wildman–Crippen LogP) is 2.83. The average molecular weight is 213 g/mol. The van der Waals surface area contributed by atoms with Gasteiger partial charge in [0.25, 0.3) is 0 Å². The first-order chi connectivity index (χ1) is 7.75. The van der Waals surface area contributed by atoms with Gasteiger partial charge in [0.15, 0.2) is 5.58 Å². The molecule has 0 aliphatic heterocycles. The minimum Gasteiger partial charge on any atom is -0.356 e. The fraction of sp³-hybridized carbons (Fsp3) is 0.167. The predicted molar refractivity (Wildman–Crippen MR) is 61.1 cm³/mol. The van der Waals surface area contributed by atoms with Gasteiger partial charge in [-0.15, -0.1) is 0 Å². The van der Waals surface area contributed by atoms with Gasteiger partial charge in [-0.2, -0.15) is 0 Å². The van der Waals surface area contributed by atoms with Crippen LogP contribution in [0.1, 0.15) is 11.4 Å². The van der Waals surface area contributed by atoms with Gasteiger partial charge in [-0.05, 0) is 25.5 Å². The molecule has 80 valence electrons. The van der Waals surface area contributed by atoms with Crippen LogP contribution in [-0.2, 0) is 0 Å². The highest BCUT2D eigenvalue weighted by atomic mass is 16.5. The first-order valence-electron chi connectivity index (χ1n) is 5.11. The van der Waals surface area contributed by atoms with Crippen LogP contribution in [0.25, 0.3) is 22.2 Å². The second kappa shape index (κ2) is 3.20. The maximum absolute atomic E-state index is 5.30. The van der Waals surface area contributed by atoms with Crippen LogP contribution in [0.4, 0.5) is 0 Å². The van der Waals surface area contributed by atoms with E-state index in [1.807, 2.05) is 26.1 Å². The van der Waals surface area contributed by atoms with Crippen molar-refractivity contribution >= 4 is 11.0 Å². The van der Waals surface area contributed by atoms with Gasteiger partial charge in [0.2, 0.25) is 0 Å². The number of fused-ring (bicyclic) bond motifs is 1. The van der Waals surface area contributed by atoms with E-state index in [1.54, 1.807) is 6.20 Å². The highest BCUT2D eigenvalue weighted by Gasteiger charge is 2.11. The van der Waals surface area contributed by atoms with E-state index >= 15 is 0 Å². The Morgan fingerprint density at radius 2 is 2.06 bits per heavy atom. The molecule has 2 aromatic heterocycles. The highest BCUT2D eigenvalue weighted by Crippen LogP contribution is 2.29. The number of benzene rings is 1. The van der Waals surface area contributed by atoms with Crippen molar-refractivity contribution in [2.24, 2.45) is 0 Å². The number of aryl methyl sites for hydroxylation is 2. The van der Waals surface area contributed by atoms with Crippen LogP contribution < -0.4 is 0 Å². The van der Waals surface area contributed by atoms with Crippen LogP contribution in [0.15, 0.2) is 29.0 Å². The summed E-state index contributed by atoms with van der Waals surface area (Å²) in [6.07, 6.45) is 3.55. The normalized spacial score (nSPS) is 11.1. The molecule has 0 amide bonds. The fourth-order valence-corrected chi connectivity index (χ4v) is 1.86. The van der Waals surface area contributed by atoms with E-state index in [9.17, 15) is 0 Å². The molecule has 4 heteroatoms. The first kappa shape index (κ1) is 9.15. The lowest BCUT2D eigenvalue weighted by molar-refractivity contribution is 0.457. The van der Waals surface area contributed by atoms with Crippen LogP contribution in [0, 0.1) is 13.8 Å².